The standard InChI is InChI=1S/C23H29N3O2/c1-15-8-9-20(23(27)28)14-22(15)25-17(3)18(4)26-12-10-19(11-13-26)21-7-5-6-16(2)24-21/h5-9,14,18-19,25H,3,10-13H2,1-2,4H3,(H,27,28). The van der Waals surface area contributed by atoms with Gasteiger partial charge < -0.3 is 10.4 Å². The van der Waals surface area contributed by atoms with Crippen LogP contribution in [0.4, 0.5) is 5.69 Å². The molecule has 2 aromatic rings. The number of piperidine rings is 1. The van der Waals surface area contributed by atoms with E-state index in [1.165, 1.54) is 5.69 Å². The molecule has 1 aliphatic heterocycles. The molecule has 1 aromatic carbocycles. The highest BCUT2D eigenvalue weighted by Gasteiger charge is 2.26. The van der Waals surface area contributed by atoms with Crippen LogP contribution in [0.3, 0.4) is 0 Å². The van der Waals surface area contributed by atoms with Crippen LogP contribution in [0.15, 0.2) is 48.7 Å². The molecule has 5 heteroatoms. The predicted octanol–water partition coefficient (Wildman–Crippen LogP) is 4.59. The normalized spacial score (nSPS) is 16.5. The van der Waals surface area contributed by atoms with Crippen molar-refractivity contribution in [3.63, 3.8) is 0 Å². The number of aromatic carboxylic acids is 1. The molecule has 2 N–H and O–H groups in total. The Bertz CT molecular complexity index is 870. The van der Waals surface area contributed by atoms with E-state index in [0.29, 0.717) is 5.92 Å². The summed E-state index contributed by atoms with van der Waals surface area (Å²) >= 11 is 0. The molecule has 0 spiro atoms. The van der Waals surface area contributed by atoms with Gasteiger partial charge in [0.1, 0.15) is 0 Å². The Labute approximate surface area is 167 Å². The molecule has 1 unspecified atom stereocenters. The Morgan fingerprint density at radius 1 is 1.25 bits per heavy atom. The molecule has 5 nitrogen and oxygen atoms in total. The zero-order valence-electron chi connectivity index (χ0n) is 16.9. The van der Waals surface area contributed by atoms with Crippen molar-refractivity contribution in [2.45, 2.75) is 45.6 Å². The van der Waals surface area contributed by atoms with E-state index < -0.39 is 5.97 Å². The average Bonchev–Trinajstić information content (AvgIpc) is 2.69. The number of carboxylic acids is 1. The van der Waals surface area contributed by atoms with Gasteiger partial charge in [0.15, 0.2) is 0 Å². The van der Waals surface area contributed by atoms with Crippen molar-refractivity contribution < 1.29 is 9.90 Å². The molecule has 0 amide bonds. The van der Waals surface area contributed by atoms with Crippen molar-refractivity contribution in [2.75, 3.05) is 18.4 Å². The van der Waals surface area contributed by atoms with Crippen molar-refractivity contribution in [1.82, 2.24) is 9.88 Å². The fourth-order valence-electron chi connectivity index (χ4n) is 3.76. The van der Waals surface area contributed by atoms with Crippen molar-refractivity contribution >= 4 is 11.7 Å². The summed E-state index contributed by atoms with van der Waals surface area (Å²) in [4.78, 5) is 18.4. The quantitative estimate of drug-likeness (QED) is 0.768. The van der Waals surface area contributed by atoms with E-state index in [9.17, 15) is 9.90 Å². The number of rotatable bonds is 6. The van der Waals surface area contributed by atoms with Crippen LogP contribution in [0.2, 0.25) is 0 Å². The summed E-state index contributed by atoms with van der Waals surface area (Å²) < 4.78 is 0. The molecule has 1 aromatic heterocycles. The number of carbonyl (C=O) groups is 1. The number of aromatic nitrogens is 1. The maximum Gasteiger partial charge on any atom is 0.335 e. The van der Waals surface area contributed by atoms with Crippen LogP contribution in [0.5, 0.6) is 0 Å². The van der Waals surface area contributed by atoms with Crippen LogP contribution in [0.1, 0.15) is 53.0 Å². The number of benzene rings is 1. The second kappa shape index (κ2) is 8.57. The Hall–Kier alpha value is -2.66. The summed E-state index contributed by atoms with van der Waals surface area (Å²) in [6, 6.07) is 11.5. The van der Waals surface area contributed by atoms with Gasteiger partial charge >= 0.3 is 5.97 Å². The minimum absolute atomic E-state index is 0.166. The first kappa shape index (κ1) is 20.1. The Morgan fingerprint density at radius 3 is 2.61 bits per heavy atom. The fourth-order valence-corrected chi connectivity index (χ4v) is 3.76. The maximum atomic E-state index is 11.2. The first-order valence-corrected chi connectivity index (χ1v) is 9.82. The highest BCUT2D eigenvalue weighted by molar-refractivity contribution is 5.89. The third-order valence-corrected chi connectivity index (χ3v) is 5.69. The molecule has 2 heterocycles. The lowest BCUT2D eigenvalue weighted by Crippen LogP contribution is -2.41. The second-order valence-corrected chi connectivity index (χ2v) is 7.68. The number of nitrogens with zero attached hydrogens (tertiary/aromatic N) is 2. The van der Waals surface area contributed by atoms with Gasteiger partial charge in [0.2, 0.25) is 0 Å². The lowest BCUT2D eigenvalue weighted by molar-refractivity contribution is 0.0697. The van der Waals surface area contributed by atoms with Gasteiger partial charge in [-0.1, -0.05) is 18.7 Å². The summed E-state index contributed by atoms with van der Waals surface area (Å²) in [6.45, 7) is 12.4. The van der Waals surface area contributed by atoms with E-state index in [4.69, 9.17) is 4.98 Å². The highest BCUT2D eigenvalue weighted by Crippen LogP contribution is 2.29. The molecule has 1 fully saturated rings. The summed E-state index contributed by atoms with van der Waals surface area (Å²) in [5, 5.41) is 12.6. The molecular weight excluding hydrogens is 350 g/mol. The molecule has 0 bridgehead atoms. The van der Waals surface area contributed by atoms with Crippen molar-refractivity contribution in [2.24, 2.45) is 0 Å². The van der Waals surface area contributed by atoms with Gasteiger partial charge in [0, 0.05) is 34.7 Å². The molecule has 0 aliphatic carbocycles. The Morgan fingerprint density at radius 2 is 1.96 bits per heavy atom. The minimum Gasteiger partial charge on any atom is -0.478 e. The highest BCUT2D eigenvalue weighted by atomic mass is 16.4. The number of nitrogens with one attached hydrogen (secondary N) is 1. The van der Waals surface area contributed by atoms with Crippen LogP contribution >= 0.6 is 0 Å². The van der Waals surface area contributed by atoms with E-state index >= 15 is 0 Å². The maximum absolute atomic E-state index is 11.2. The molecule has 1 aliphatic rings. The molecular formula is C23H29N3O2. The lowest BCUT2D eigenvalue weighted by atomic mass is 9.92. The first-order chi connectivity index (χ1) is 13.3. The molecule has 1 atom stereocenters. The van der Waals surface area contributed by atoms with Crippen LogP contribution in [0, 0.1) is 13.8 Å². The molecule has 3 rings (SSSR count). The van der Waals surface area contributed by atoms with E-state index in [0.717, 1.165) is 48.6 Å². The van der Waals surface area contributed by atoms with E-state index in [2.05, 4.69) is 35.9 Å². The SMILES string of the molecule is C=C(Nc1cc(C(=O)O)ccc1C)C(C)N1CCC(c2cccc(C)n2)CC1. The number of anilines is 1. The van der Waals surface area contributed by atoms with Crippen LogP contribution < -0.4 is 5.32 Å². The van der Waals surface area contributed by atoms with Gasteiger partial charge in [-0.05, 0) is 76.5 Å². The minimum atomic E-state index is -0.923. The summed E-state index contributed by atoms with van der Waals surface area (Å²) in [5.74, 6) is -0.410. The van der Waals surface area contributed by atoms with E-state index in [1.54, 1.807) is 12.1 Å². The summed E-state index contributed by atoms with van der Waals surface area (Å²) in [7, 11) is 0. The third-order valence-electron chi connectivity index (χ3n) is 5.69. The zero-order chi connectivity index (χ0) is 20.3. The molecule has 0 radical (unpaired) electrons. The van der Waals surface area contributed by atoms with Crippen LogP contribution in [0.25, 0.3) is 0 Å². The van der Waals surface area contributed by atoms with Gasteiger partial charge in [-0.15, -0.1) is 0 Å². The smallest absolute Gasteiger partial charge is 0.335 e. The number of aryl methyl sites for hydroxylation is 2. The molecule has 148 valence electrons. The molecule has 1 saturated heterocycles. The number of likely N-dealkylation sites (tertiary alicyclic amines) is 1. The molecule has 28 heavy (non-hydrogen) atoms. The Balaban J connectivity index is 1.60. The fraction of sp³-hybridized carbons (Fsp3) is 0.391. The van der Waals surface area contributed by atoms with Gasteiger partial charge in [-0.25, -0.2) is 4.79 Å². The summed E-state index contributed by atoms with van der Waals surface area (Å²) in [5.41, 5.74) is 5.24. The van der Waals surface area contributed by atoms with E-state index in [1.807, 2.05) is 26.0 Å². The second-order valence-electron chi connectivity index (χ2n) is 7.68. The predicted molar refractivity (Wildman–Crippen MR) is 113 cm³/mol. The molecule has 0 saturated carbocycles. The average molecular weight is 380 g/mol. The summed E-state index contributed by atoms with van der Waals surface area (Å²) in [6.07, 6.45) is 2.17. The number of pyridine rings is 1. The monoisotopic (exact) mass is 379 g/mol. The largest absolute Gasteiger partial charge is 0.478 e. The van der Waals surface area contributed by atoms with Gasteiger partial charge in [0.05, 0.1) is 5.56 Å². The lowest BCUT2D eigenvalue weighted by Gasteiger charge is -2.37. The van der Waals surface area contributed by atoms with Crippen molar-refractivity contribution in [3.05, 3.63) is 71.2 Å². The van der Waals surface area contributed by atoms with Gasteiger partial charge in [0.25, 0.3) is 0 Å². The number of hydrogen-bond donors (Lipinski definition) is 2. The zero-order valence-corrected chi connectivity index (χ0v) is 16.9. The van der Waals surface area contributed by atoms with Crippen LogP contribution in [-0.4, -0.2) is 40.1 Å². The number of carboxylic acid groups (broad SMARTS) is 1. The Kier molecular flexibility index (Phi) is 6.15. The van der Waals surface area contributed by atoms with Crippen molar-refractivity contribution in [3.8, 4) is 0 Å². The third kappa shape index (κ3) is 4.60. The topological polar surface area (TPSA) is 65.5 Å². The van der Waals surface area contributed by atoms with Crippen molar-refractivity contribution in [1.29, 1.82) is 0 Å². The van der Waals surface area contributed by atoms with Gasteiger partial charge in [-0.3, -0.25) is 9.88 Å². The van der Waals surface area contributed by atoms with Gasteiger partial charge in [-0.2, -0.15) is 0 Å². The number of hydrogen-bond acceptors (Lipinski definition) is 4. The van der Waals surface area contributed by atoms with E-state index in [-0.39, 0.29) is 11.6 Å². The first-order valence-electron chi connectivity index (χ1n) is 9.82. The van der Waals surface area contributed by atoms with Crippen LogP contribution in [-0.2, 0) is 0 Å².